The SMILES string of the molecule is C[C@](O)(CN1CCN(c2ccc(C#N)cc2Cl)[C@H](c2ccc(Cl)cc2)C1)c1ccc(F)cn1. The molecule has 0 unspecified atom stereocenters. The van der Waals surface area contributed by atoms with Crippen LogP contribution < -0.4 is 4.90 Å². The second-order valence-electron chi connectivity index (χ2n) is 8.41. The summed E-state index contributed by atoms with van der Waals surface area (Å²) in [6.45, 7) is 3.98. The fourth-order valence-electron chi connectivity index (χ4n) is 4.26. The van der Waals surface area contributed by atoms with E-state index in [1.165, 1.54) is 12.1 Å². The van der Waals surface area contributed by atoms with E-state index in [1.807, 2.05) is 30.3 Å². The number of β-amino-alcohol motifs (C(OH)–C–C–N with tert-alkyl or cyclic N) is 1. The molecule has 0 saturated carbocycles. The Balaban J connectivity index is 1.62. The Morgan fingerprint density at radius 3 is 2.55 bits per heavy atom. The van der Waals surface area contributed by atoms with Gasteiger partial charge >= 0.3 is 0 Å². The maximum atomic E-state index is 13.3. The molecule has 1 fully saturated rings. The Hall–Kier alpha value is -2.69. The van der Waals surface area contributed by atoms with E-state index in [-0.39, 0.29) is 6.04 Å². The second kappa shape index (κ2) is 9.66. The van der Waals surface area contributed by atoms with E-state index in [0.29, 0.717) is 47.5 Å². The molecule has 170 valence electrons. The molecule has 2 aromatic carbocycles. The van der Waals surface area contributed by atoms with Crippen LogP contribution in [0.15, 0.2) is 60.8 Å². The lowest BCUT2D eigenvalue weighted by Crippen LogP contribution is -2.52. The number of nitrogens with zero attached hydrogens (tertiary/aromatic N) is 4. The summed E-state index contributed by atoms with van der Waals surface area (Å²) in [7, 11) is 0. The molecule has 33 heavy (non-hydrogen) atoms. The van der Waals surface area contributed by atoms with Gasteiger partial charge in [-0.2, -0.15) is 5.26 Å². The van der Waals surface area contributed by atoms with Gasteiger partial charge in [-0.15, -0.1) is 0 Å². The van der Waals surface area contributed by atoms with E-state index in [2.05, 4.69) is 20.9 Å². The molecule has 3 aromatic rings. The van der Waals surface area contributed by atoms with Crippen LogP contribution in [0.2, 0.25) is 10.0 Å². The summed E-state index contributed by atoms with van der Waals surface area (Å²) in [6, 6.07) is 17.9. The largest absolute Gasteiger partial charge is 0.382 e. The maximum absolute atomic E-state index is 13.3. The molecule has 8 heteroatoms. The number of nitriles is 1. The molecule has 1 saturated heterocycles. The lowest BCUT2D eigenvalue weighted by molar-refractivity contribution is 0.00669. The number of pyridine rings is 1. The number of anilines is 1. The number of aliphatic hydroxyl groups is 1. The molecule has 5 nitrogen and oxygen atoms in total. The zero-order valence-electron chi connectivity index (χ0n) is 18.0. The summed E-state index contributed by atoms with van der Waals surface area (Å²) in [4.78, 5) is 8.45. The van der Waals surface area contributed by atoms with Gasteiger partial charge in [0.25, 0.3) is 0 Å². The van der Waals surface area contributed by atoms with Crippen LogP contribution in [-0.2, 0) is 5.60 Å². The Morgan fingerprint density at radius 1 is 1.15 bits per heavy atom. The topological polar surface area (TPSA) is 63.4 Å². The van der Waals surface area contributed by atoms with Gasteiger partial charge in [0.05, 0.1) is 40.3 Å². The quantitative estimate of drug-likeness (QED) is 0.540. The van der Waals surface area contributed by atoms with E-state index in [1.54, 1.807) is 19.1 Å². The molecular weight excluding hydrogens is 462 g/mol. The summed E-state index contributed by atoms with van der Waals surface area (Å²) in [5.41, 5.74) is 1.59. The van der Waals surface area contributed by atoms with Crippen molar-refractivity contribution in [2.45, 2.75) is 18.6 Å². The molecule has 0 radical (unpaired) electrons. The number of rotatable bonds is 5. The second-order valence-corrected chi connectivity index (χ2v) is 9.25. The number of benzene rings is 2. The van der Waals surface area contributed by atoms with Crippen molar-refractivity contribution in [2.75, 3.05) is 31.1 Å². The molecule has 0 bridgehead atoms. The van der Waals surface area contributed by atoms with Crippen LogP contribution in [0.5, 0.6) is 0 Å². The lowest BCUT2D eigenvalue weighted by Gasteiger charge is -2.45. The van der Waals surface area contributed by atoms with Crippen molar-refractivity contribution in [3.8, 4) is 6.07 Å². The first kappa shape index (κ1) is 23.5. The van der Waals surface area contributed by atoms with Crippen molar-refractivity contribution in [3.05, 3.63) is 93.5 Å². The highest BCUT2D eigenvalue weighted by Gasteiger charge is 2.34. The van der Waals surface area contributed by atoms with Crippen LogP contribution in [0, 0.1) is 17.1 Å². The molecule has 0 aliphatic carbocycles. The normalized spacial score (nSPS) is 18.5. The molecule has 2 heterocycles. The summed E-state index contributed by atoms with van der Waals surface area (Å²) < 4.78 is 13.3. The maximum Gasteiger partial charge on any atom is 0.141 e. The summed E-state index contributed by atoms with van der Waals surface area (Å²) in [5, 5.41) is 21.4. The number of halogens is 3. The standard InChI is InChI=1S/C25H23Cl2FN4O/c1-25(33,24-9-7-20(28)14-30-24)16-31-10-11-32(22-8-2-17(13-29)12-21(22)27)23(15-31)18-3-5-19(26)6-4-18/h2-9,12,14,23,33H,10-11,15-16H2,1H3/t23-,25-/m0/s1. The highest BCUT2D eigenvalue weighted by molar-refractivity contribution is 6.33. The summed E-state index contributed by atoms with van der Waals surface area (Å²) in [6.07, 6.45) is 1.12. The zero-order chi connectivity index (χ0) is 23.6. The number of hydrogen-bond donors (Lipinski definition) is 1. The third kappa shape index (κ3) is 5.29. The van der Waals surface area contributed by atoms with Crippen LogP contribution in [0.3, 0.4) is 0 Å². The average molecular weight is 485 g/mol. The molecule has 1 aliphatic heterocycles. The van der Waals surface area contributed by atoms with Gasteiger partial charge in [-0.1, -0.05) is 35.3 Å². The molecular formula is C25H23Cl2FN4O. The Labute approximate surface area is 202 Å². The van der Waals surface area contributed by atoms with Crippen molar-refractivity contribution in [3.63, 3.8) is 0 Å². The zero-order valence-corrected chi connectivity index (χ0v) is 19.6. The monoisotopic (exact) mass is 484 g/mol. The van der Waals surface area contributed by atoms with Crippen LogP contribution >= 0.6 is 23.2 Å². The van der Waals surface area contributed by atoms with Gasteiger partial charge in [0.15, 0.2) is 0 Å². The van der Waals surface area contributed by atoms with Crippen molar-refractivity contribution >= 4 is 28.9 Å². The fourth-order valence-corrected chi connectivity index (χ4v) is 4.68. The van der Waals surface area contributed by atoms with E-state index < -0.39 is 11.4 Å². The third-order valence-corrected chi connectivity index (χ3v) is 6.47. The van der Waals surface area contributed by atoms with Crippen molar-refractivity contribution in [1.29, 1.82) is 5.26 Å². The van der Waals surface area contributed by atoms with Gasteiger partial charge in [-0.05, 0) is 55.0 Å². The molecule has 1 aromatic heterocycles. The minimum absolute atomic E-state index is 0.0570. The van der Waals surface area contributed by atoms with E-state index in [9.17, 15) is 14.8 Å². The minimum atomic E-state index is -1.24. The molecule has 1 N–H and O–H groups in total. The van der Waals surface area contributed by atoms with Gasteiger partial charge in [0, 0.05) is 31.2 Å². The third-order valence-electron chi connectivity index (χ3n) is 5.92. The van der Waals surface area contributed by atoms with Gasteiger partial charge < -0.3 is 10.0 Å². The first-order valence-electron chi connectivity index (χ1n) is 10.6. The van der Waals surface area contributed by atoms with Crippen molar-refractivity contribution in [2.24, 2.45) is 0 Å². The van der Waals surface area contributed by atoms with Crippen molar-refractivity contribution < 1.29 is 9.50 Å². The highest BCUT2D eigenvalue weighted by Crippen LogP contribution is 2.36. The van der Waals surface area contributed by atoms with E-state index in [4.69, 9.17) is 23.2 Å². The van der Waals surface area contributed by atoms with Gasteiger partial charge in [-0.25, -0.2) is 4.39 Å². The smallest absolute Gasteiger partial charge is 0.141 e. The molecule has 1 aliphatic rings. The Morgan fingerprint density at radius 2 is 1.91 bits per heavy atom. The lowest BCUT2D eigenvalue weighted by atomic mass is 9.97. The van der Waals surface area contributed by atoms with E-state index >= 15 is 0 Å². The first-order chi connectivity index (χ1) is 15.8. The summed E-state index contributed by atoms with van der Waals surface area (Å²) >= 11 is 12.7. The molecule has 0 amide bonds. The minimum Gasteiger partial charge on any atom is -0.382 e. The number of aromatic nitrogens is 1. The predicted octanol–water partition coefficient (Wildman–Crippen LogP) is 5.17. The van der Waals surface area contributed by atoms with Gasteiger partial charge in [-0.3, -0.25) is 9.88 Å². The number of hydrogen-bond acceptors (Lipinski definition) is 5. The van der Waals surface area contributed by atoms with E-state index in [0.717, 1.165) is 17.4 Å². The first-order valence-corrected chi connectivity index (χ1v) is 11.3. The Bertz CT molecular complexity index is 1160. The summed E-state index contributed by atoms with van der Waals surface area (Å²) in [5.74, 6) is -0.440. The molecule has 0 spiro atoms. The molecule has 2 atom stereocenters. The highest BCUT2D eigenvalue weighted by atomic mass is 35.5. The van der Waals surface area contributed by atoms with Gasteiger partial charge in [0.2, 0.25) is 0 Å². The predicted molar refractivity (Wildman–Crippen MR) is 128 cm³/mol. The fraction of sp³-hybridized carbons (Fsp3) is 0.280. The van der Waals surface area contributed by atoms with Crippen molar-refractivity contribution in [1.82, 2.24) is 9.88 Å². The van der Waals surface area contributed by atoms with Crippen LogP contribution in [0.4, 0.5) is 10.1 Å². The number of piperazine rings is 1. The molecule has 4 rings (SSSR count). The van der Waals surface area contributed by atoms with Gasteiger partial charge in [0.1, 0.15) is 11.4 Å². The average Bonchev–Trinajstić information content (AvgIpc) is 2.80. The Kier molecular flexibility index (Phi) is 6.87. The van der Waals surface area contributed by atoms with Crippen LogP contribution in [0.1, 0.15) is 29.8 Å². The van der Waals surface area contributed by atoms with Crippen LogP contribution in [0.25, 0.3) is 0 Å². The van der Waals surface area contributed by atoms with Crippen LogP contribution in [-0.4, -0.2) is 41.2 Å².